The highest BCUT2D eigenvalue weighted by atomic mass is 32.1. The summed E-state index contributed by atoms with van der Waals surface area (Å²) in [5, 5.41) is 20.5. The Morgan fingerprint density at radius 1 is 1.15 bits per heavy atom. The number of halogens is 3. The van der Waals surface area contributed by atoms with Gasteiger partial charge in [-0.15, -0.1) is 24.5 Å². The molecule has 0 aliphatic carbocycles. The number of hydrogen-bond acceptors (Lipinski definition) is 6. The Hall–Kier alpha value is -2.63. The Morgan fingerprint density at radius 3 is 2.30 bits per heavy atom. The van der Waals surface area contributed by atoms with Crippen molar-refractivity contribution in [2.75, 3.05) is 0 Å². The van der Waals surface area contributed by atoms with E-state index in [2.05, 4.69) is 10.1 Å². The van der Waals surface area contributed by atoms with Crippen molar-refractivity contribution in [2.45, 2.75) is 25.4 Å². The molecular formula is C16H15F3N2O5S. The fourth-order valence-electron chi connectivity index (χ4n) is 2.12. The lowest BCUT2D eigenvalue weighted by Crippen LogP contribution is -2.51. The zero-order chi connectivity index (χ0) is 20.2. The van der Waals surface area contributed by atoms with Crippen LogP contribution in [0.1, 0.15) is 16.6 Å². The summed E-state index contributed by atoms with van der Waals surface area (Å²) < 4.78 is 40.3. The molecule has 1 aromatic heterocycles. The number of thiophene rings is 1. The van der Waals surface area contributed by atoms with Crippen molar-refractivity contribution in [3.05, 3.63) is 41.3 Å². The van der Waals surface area contributed by atoms with Crippen LogP contribution in [-0.2, 0) is 4.79 Å². The molecule has 1 aromatic carbocycles. The molecule has 2 rings (SSSR count). The standard InChI is InChI=1S/C16H15F3N2O5S/c1-8(22)13(15(24)21-25)20-14(23)12-7-6-11(27-12)9-2-4-10(5-3-9)26-16(17,18)19/h2-8,13,22,25H,1H3,(H,20,23)(H,21,24)/t8-,13+/m1/s1. The molecule has 0 aliphatic heterocycles. The molecule has 0 saturated carbocycles. The van der Waals surface area contributed by atoms with Gasteiger partial charge >= 0.3 is 6.36 Å². The minimum absolute atomic E-state index is 0.206. The van der Waals surface area contributed by atoms with Crippen LogP contribution in [0.2, 0.25) is 0 Å². The molecule has 27 heavy (non-hydrogen) atoms. The number of nitrogens with one attached hydrogen (secondary N) is 2. The molecule has 146 valence electrons. The third-order valence-corrected chi connectivity index (χ3v) is 4.50. The number of carbonyl (C=O) groups is 2. The second-order valence-corrected chi connectivity index (χ2v) is 6.49. The van der Waals surface area contributed by atoms with Gasteiger partial charge in [0.1, 0.15) is 11.8 Å². The summed E-state index contributed by atoms with van der Waals surface area (Å²) in [5.74, 6) is -2.00. The maximum absolute atomic E-state index is 12.2. The van der Waals surface area contributed by atoms with E-state index in [1.165, 1.54) is 30.6 Å². The van der Waals surface area contributed by atoms with Crippen molar-refractivity contribution in [1.29, 1.82) is 0 Å². The molecule has 0 bridgehead atoms. The van der Waals surface area contributed by atoms with Crippen molar-refractivity contribution >= 4 is 23.2 Å². The van der Waals surface area contributed by atoms with E-state index in [1.54, 1.807) is 6.07 Å². The van der Waals surface area contributed by atoms with Crippen molar-refractivity contribution in [1.82, 2.24) is 10.8 Å². The largest absolute Gasteiger partial charge is 0.573 e. The SMILES string of the molecule is C[C@@H](O)[C@H](NC(=O)c1ccc(-c2ccc(OC(F)(F)F)cc2)s1)C(=O)NO. The number of aliphatic hydroxyl groups excluding tert-OH is 1. The minimum atomic E-state index is -4.78. The van der Waals surface area contributed by atoms with E-state index in [1.807, 2.05) is 0 Å². The minimum Gasteiger partial charge on any atom is -0.406 e. The quantitative estimate of drug-likeness (QED) is 0.437. The van der Waals surface area contributed by atoms with E-state index in [-0.39, 0.29) is 10.6 Å². The molecule has 0 radical (unpaired) electrons. The normalized spacial score (nSPS) is 13.6. The van der Waals surface area contributed by atoms with Crippen LogP contribution in [0.4, 0.5) is 13.2 Å². The summed E-state index contributed by atoms with van der Waals surface area (Å²) in [7, 11) is 0. The molecule has 2 atom stereocenters. The third kappa shape index (κ3) is 5.67. The van der Waals surface area contributed by atoms with E-state index in [4.69, 9.17) is 5.21 Å². The van der Waals surface area contributed by atoms with Gasteiger partial charge in [-0.25, -0.2) is 5.48 Å². The first-order valence-electron chi connectivity index (χ1n) is 7.49. The summed E-state index contributed by atoms with van der Waals surface area (Å²) in [6.07, 6.45) is -6.03. The topological polar surface area (TPSA) is 108 Å². The van der Waals surface area contributed by atoms with Crippen LogP contribution in [0.3, 0.4) is 0 Å². The summed E-state index contributed by atoms with van der Waals surface area (Å²) in [6, 6.07) is 6.81. The van der Waals surface area contributed by atoms with Crippen molar-refractivity contribution in [3.8, 4) is 16.2 Å². The van der Waals surface area contributed by atoms with Gasteiger partial charge in [0, 0.05) is 4.88 Å². The first kappa shape index (κ1) is 20.7. The van der Waals surface area contributed by atoms with Crippen LogP contribution in [0.15, 0.2) is 36.4 Å². The third-order valence-electron chi connectivity index (χ3n) is 3.36. The molecular weight excluding hydrogens is 389 g/mol. The molecule has 0 fully saturated rings. The number of aliphatic hydroxyl groups is 1. The number of rotatable bonds is 6. The maximum Gasteiger partial charge on any atom is 0.573 e. The number of carbonyl (C=O) groups excluding carboxylic acids is 2. The molecule has 7 nitrogen and oxygen atoms in total. The van der Waals surface area contributed by atoms with Crippen LogP contribution in [0.25, 0.3) is 10.4 Å². The first-order valence-corrected chi connectivity index (χ1v) is 8.31. The Morgan fingerprint density at radius 2 is 1.78 bits per heavy atom. The highest BCUT2D eigenvalue weighted by Gasteiger charge is 2.31. The second-order valence-electron chi connectivity index (χ2n) is 5.40. The summed E-state index contributed by atoms with van der Waals surface area (Å²) in [6.45, 7) is 1.27. The van der Waals surface area contributed by atoms with Gasteiger partial charge in [0.25, 0.3) is 11.8 Å². The Balaban J connectivity index is 2.11. The Labute approximate surface area is 155 Å². The van der Waals surface area contributed by atoms with Gasteiger partial charge in [0.2, 0.25) is 0 Å². The van der Waals surface area contributed by atoms with Crippen molar-refractivity contribution in [2.24, 2.45) is 0 Å². The lowest BCUT2D eigenvalue weighted by atomic mass is 10.1. The molecule has 11 heteroatoms. The molecule has 0 spiro atoms. The molecule has 0 unspecified atom stereocenters. The van der Waals surface area contributed by atoms with Gasteiger partial charge in [-0.3, -0.25) is 14.8 Å². The summed E-state index contributed by atoms with van der Waals surface area (Å²) in [5.41, 5.74) is 1.92. The van der Waals surface area contributed by atoms with Gasteiger partial charge in [-0.05, 0) is 48.9 Å². The number of hydroxylamine groups is 1. The van der Waals surface area contributed by atoms with Crippen molar-refractivity contribution < 1.29 is 37.8 Å². The second kappa shape index (κ2) is 8.37. The first-order chi connectivity index (χ1) is 12.6. The zero-order valence-electron chi connectivity index (χ0n) is 13.8. The number of amides is 2. The van der Waals surface area contributed by atoms with Gasteiger partial charge in [0.05, 0.1) is 11.0 Å². The van der Waals surface area contributed by atoms with E-state index in [9.17, 15) is 27.9 Å². The molecule has 1 heterocycles. The van der Waals surface area contributed by atoms with Crippen LogP contribution in [0, 0.1) is 0 Å². The average Bonchev–Trinajstić information content (AvgIpc) is 3.08. The van der Waals surface area contributed by atoms with E-state index < -0.39 is 30.3 Å². The Bertz CT molecular complexity index is 805. The van der Waals surface area contributed by atoms with Crippen LogP contribution in [-0.4, -0.2) is 40.6 Å². The zero-order valence-corrected chi connectivity index (χ0v) is 14.6. The average molecular weight is 404 g/mol. The predicted molar refractivity (Wildman–Crippen MR) is 89.3 cm³/mol. The molecule has 4 N–H and O–H groups in total. The molecule has 2 aromatic rings. The van der Waals surface area contributed by atoms with E-state index in [0.717, 1.165) is 23.5 Å². The fourth-order valence-corrected chi connectivity index (χ4v) is 3.04. The smallest absolute Gasteiger partial charge is 0.406 e. The highest BCUT2D eigenvalue weighted by molar-refractivity contribution is 7.17. The monoisotopic (exact) mass is 404 g/mol. The number of benzene rings is 1. The summed E-state index contributed by atoms with van der Waals surface area (Å²) >= 11 is 1.04. The van der Waals surface area contributed by atoms with Crippen LogP contribution in [0.5, 0.6) is 5.75 Å². The molecule has 0 saturated heterocycles. The van der Waals surface area contributed by atoms with Gasteiger partial charge < -0.3 is 15.2 Å². The van der Waals surface area contributed by atoms with Crippen molar-refractivity contribution in [3.63, 3.8) is 0 Å². The van der Waals surface area contributed by atoms with Gasteiger partial charge in [-0.2, -0.15) is 0 Å². The number of ether oxygens (including phenoxy) is 1. The van der Waals surface area contributed by atoms with Gasteiger partial charge in [-0.1, -0.05) is 0 Å². The van der Waals surface area contributed by atoms with Gasteiger partial charge in [0.15, 0.2) is 0 Å². The maximum atomic E-state index is 12.2. The summed E-state index contributed by atoms with van der Waals surface area (Å²) in [4.78, 5) is 24.5. The molecule has 2 amide bonds. The highest BCUT2D eigenvalue weighted by Crippen LogP contribution is 2.31. The van der Waals surface area contributed by atoms with E-state index >= 15 is 0 Å². The predicted octanol–water partition coefficient (Wildman–Crippen LogP) is 2.30. The van der Waals surface area contributed by atoms with E-state index in [0.29, 0.717) is 10.4 Å². The lowest BCUT2D eigenvalue weighted by molar-refractivity contribution is -0.274. The lowest BCUT2D eigenvalue weighted by Gasteiger charge is -2.18. The number of alkyl halides is 3. The molecule has 0 aliphatic rings. The van der Waals surface area contributed by atoms with Crippen LogP contribution < -0.4 is 15.5 Å². The van der Waals surface area contributed by atoms with Crippen LogP contribution >= 0.6 is 11.3 Å². The number of hydrogen-bond donors (Lipinski definition) is 4. The Kier molecular flexibility index (Phi) is 6.41. The fraction of sp³-hybridized carbons (Fsp3) is 0.250.